The number of alkyl halides is 3. The third-order valence-electron chi connectivity index (χ3n) is 4.67. The normalized spacial score (nSPS) is 18.8. The standard InChI is InChI=1S/C14H21F3N4/c1-3-13(4-2)5-7-21(8-6-13)11-9-10(14(15,16)17)19-12(18)20-11/h9H,3-8H2,1-2H3,(H2,18,19,20). The Morgan fingerprint density at radius 3 is 2.24 bits per heavy atom. The number of halogens is 3. The zero-order chi connectivity index (χ0) is 15.7. The van der Waals surface area contributed by atoms with Gasteiger partial charge in [-0.25, -0.2) is 4.98 Å². The van der Waals surface area contributed by atoms with Gasteiger partial charge in [0.15, 0.2) is 5.69 Å². The van der Waals surface area contributed by atoms with Gasteiger partial charge >= 0.3 is 6.18 Å². The first-order valence-corrected chi connectivity index (χ1v) is 7.26. The Kier molecular flexibility index (Phi) is 4.30. The summed E-state index contributed by atoms with van der Waals surface area (Å²) in [5.74, 6) is -0.0572. The van der Waals surface area contributed by atoms with Crippen molar-refractivity contribution in [2.45, 2.75) is 45.7 Å². The summed E-state index contributed by atoms with van der Waals surface area (Å²) in [6, 6.07) is 0.987. The number of aromatic nitrogens is 2. The summed E-state index contributed by atoms with van der Waals surface area (Å²) in [4.78, 5) is 9.11. The van der Waals surface area contributed by atoms with Gasteiger partial charge in [0.05, 0.1) is 0 Å². The molecule has 0 unspecified atom stereocenters. The van der Waals surface area contributed by atoms with Crippen molar-refractivity contribution < 1.29 is 13.2 Å². The zero-order valence-electron chi connectivity index (χ0n) is 12.4. The number of anilines is 2. The average Bonchev–Trinajstić information content (AvgIpc) is 2.46. The molecule has 1 aliphatic rings. The molecule has 4 nitrogen and oxygen atoms in total. The fourth-order valence-corrected chi connectivity index (χ4v) is 2.93. The van der Waals surface area contributed by atoms with Crippen LogP contribution in [0.25, 0.3) is 0 Å². The zero-order valence-corrected chi connectivity index (χ0v) is 12.4. The quantitative estimate of drug-likeness (QED) is 0.928. The Bertz CT molecular complexity index is 487. The van der Waals surface area contributed by atoms with Gasteiger partial charge in [-0.3, -0.25) is 0 Å². The largest absolute Gasteiger partial charge is 0.433 e. The minimum atomic E-state index is -4.50. The van der Waals surface area contributed by atoms with Crippen molar-refractivity contribution in [3.8, 4) is 0 Å². The Balaban J connectivity index is 2.19. The Labute approximate surface area is 122 Å². The second-order valence-electron chi connectivity index (χ2n) is 5.66. The minimum Gasteiger partial charge on any atom is -0.368 e. The van der Waals surface area contributed by atoms with Gasteiger partial charge < -0.3 is 10.6 Å². The lowest BCUT2D eigenvalue weighted by molar-refractivity contribution is -0.141. The van der Waals surface area contributed by atoms with Crippen LogP contribution in [0.3, 0.4) is 0 Å². The van der Waals surface area contributed by atoms with Gasteiger partial charge in [0.1, 0.15) is 5.82 Å². The number of nitrogen functional groups attached to an aromatic ring is 1. The molecule has 0 amide bonds. The molecule has 1 aromatic rings. The lowest BCUT2D eigenvalue weighted by atomic mass is 9.74. The maximum atomic E-state index is 12.8. The summed E-state index contributed by atoms with van der Waals surface area (Å²) in [6.07, 6.45) is -0.386. The van der Waals surface area contributed by atoms with E-state index in [1.54, 1.807) is 0 Å². The Morgan fingerprint density at radius 2 is 1.76 bits per heavy atom. The van der Waals surface area contributed by atoms with Crippen molar-refractivity contribution in [1.82, 2.24) is 9.97 Å². The summed E-state index contributed by atoms with van der Waals surface area (Å²) in [7, 11) is 0. The van der Waals surface area contributed by atoms with Crippen LogP contribution >= 0.6 is 0 Å². The summed E-state index contributed by atoms with van der Waals surface area (Å²) in [6.45, 7) is 5.75. The minimum absolute atomic E-state index is 0.274. The van der Waals surface area contributed by atoms with Crippen molar-refractivity contribution in [3.63, 3.8) is 0 Å². The molecule has 7 heteroatoms. The summed E-state index contributed by atoms with van der Waals surface area (Å²) < 4.78 is 38.3. The number of hydrogen-bond donors (Lipinski definition) is 1. The lowest BCUT2D eigenvalue weighted by Crippen LogP contribution is -2.40. The summed E-state index contributed by atoms with van der Waals surface area (Å²) in [5, 5.41) is 0. The van der Waals surface area contributed by atoms with Gasteiger partial charge in [-0.05, 0) is 18.3 Å². The number of hydrogen-bond acceptors (Lipinski definition) is 4. The third-order valence-corrected chi connectivity index (χ3v) is 4.67. The molecule has 21 heavy (non-hydrogen) atoms. The summed E-state index contributed by atoms with van der Waals surface area (Å²) >= 11 is 0. The highest BCUT2D eigenvalue weighted by Crippen LogP contribution is 2.39. The molecule has 2 N–H and O–H groups in total. The SMILES string of the molecule is CCC1(CC)CCN(c2cc(C(F)(F)F)nc(N)n2)CC1. The van der Waals surface area contributed by atoms with Crippen LogP contribution in [0.2, 0.25) is 0 Å². The highest BCUT2D eigenvalue weighted by atomic mass is 19.4. The summed E-state index contributed by atoms with van der Waals surface area (Å²) in [5.41, 5.74) is 4.75. The predicted molar refractivity (Wildman–Crippen MR) is 75.9 cm³/mol. The van der Waals surface area contributed by atoms with Crippen LogP contribution in [-0.4, -0.2) is 23.1 Å². The first kappa shape index (κ1) is 15.9. The van der Waals surface area contributed by atoms with Crippen LogP contribution in [0, 0.1) is 5.41 Å². The van der Waals surface area contributed by atoms with Gasteiger partial charge in [0.25, 0.3) is 0 Å². The van der Waals surface area contributed by atoms with Crippen molar-refractivity contribution in [3.05, 3.63) is 11.8 Å². The molecule has 2 heterocycles. The fourth-order valence-electron chi connectivity index (χ4n) is 2.93. The highest BCUT2D eigenvalue weighted by molar-refractivity contribution is 5.44. The highest BCUT2D eigenvalue weighted by Gasteiger charge is 2.35. The number of nitrogens with two attached hydrogens (primary N) is 1. The van der Waals surface area contributed by atoms with E-state index in [0.717, 1.165) is 31.7 Å². The molecule has 0 atom stereocenters. The second-order valence-corrected chi connectivity index (χ2v) is 5.66. The average molecular weight is 302 g/mol. The monoisotopic (exact) mass is 302 g/mol. The van der Waals surface area contributed by atoms with E-state index in [0.29, 0.717) is 18.5 Å². The van der Waals surface area contributed by atoms with E-state index in [-0.39, 0.29) is 11.8 Å². The van der Waals surface area contributed by atoms with Gasteiger partial charge in [0, 0.05) is 19.2 Å². The molecule has 1 saturated heterocycles. The first-order chi connectivity index (χ1) is 9.79. The van der Waals surface area contributed by atoms with E-state index >= 15 is 0 Å². The fraction of sp³-hybridized carbons (Fsp3) is 0.714. The van der Waals surface area contributed by atoms with E-state index in [2.05, 4.69) is 23.8 Å². The smallest absolute Gasteiger partial charge is 0.368 e. The van der Waals surface area contributed by atoms with Crippen LogP contribution in [0.5, 0.6) is 0 Å². The number of piperidine rings is 1. The van der Waals surface area contributed by atoms with Crippen LogP contribution < -0.4 is 10.6 Å². The Morgan fingerprint density at radius 1 is 1.19 bits per heavy atom. The van der Waals surface area contributed by atoms with E-state index in [1.165, 1.54) is 0 Å². The van der Waals surface area contributed by atoms with Crippen molar-refractivity contribution in [1.29, 1.82) is 0 Å². The van der Waals surface area contributed by atoms with Gasteiger partial charge in [0.2, 0.25) is 5.95 Å². The van der Waals surface area contributed by atoms with Crippen molar-refractivity contribution in [2.75, 3.05) is 23.7 Å². The second kappa shape index (κ2) is 5.69. The van der Waals surface area contributed by atoms with Gasteiger partial charge in [-0.15, -0.1) is 0 Å². The molecule has 0 aliphatic carbocycles. The topological polar surface area (TPSA) is 55.0 Å². The van der Waals surface area contributed by atoms with Gasteiger partial charge in [-0.1, -0.05) is 26.7 Å². The maximum Gasteiger partial charge on any atom is 0.433 e. The van der Waals surface area contributed by atoms with E-state index in [1.807, 2.05) is 4.90 Å². The molecule has 0 spiro atoms. The third kappa shape index (κ3) is 3.39. The van der Waals surface area contributed by atoms with E-state index in [4.69, 9.17) is 5.73 Å². The molecule has 1 aromatic heterocycles. The van der Waals surface area contributed by atoms with Crippen molar-refractivity contribution in [2.24, 2.45) is 5.41 Å². The molecule has 118 valence electrons. The molecule has 0 bridgehead atoms. The number of nitrogens with zero attached hydrogens (tertiary/aromatic N) is 3. The van der Waals surface area contributed by atoms with Crippen LogP contribution in [0.4, 0.5) is 24.9 Å². The molecule has 0 aromatic carbocycles. The van der Waals surface area contributed by atoms with Crippen LogP contribution in [0.1, 0.15) is 45.2 Å². The van der Waals surface area contributed by atoms with E-state index in [9.17, 15) is 13.2 Å². The molecule has 2 rings (SSSR count). The number of rotatable bonds is 3. The molecular formula is C14H21F3N4. The van der Waals surface area contributed by atoms with Crippen LogP contribution in [0.15, 0.2) is 6.07 Å². The molecular weight excluding hydrogens is 281 g/mol. The van der Waals surface area contributed by atoms with Gasteiger partial charge in [-0.2, -0.15) is 18.2 Å². The van der Waals surface area contributed by atoms with Crippen molar-refractivity contribution >= 4 is 11.8 Å². The molecule has 1 fully saturated rings. The molecule has 0 saturated carbocycles. The lowest BCUT2D eigenvalue weighted by Gasteiger charge is -2.41. The predicted octanol–water partition coefficient (Wildman–Crippen LogP) is 3.48. The first-order valence-electron chi connectivity index (χ1n) is 7.26. The molecule has 0 radical (unpaired) electrons. The van der Waals surface area contributed by atoms with E-state index < -0.39 is 11.9 Å². The maximum absolute atomic E-state index is 12.8. The Hall–Kier alpha value is -1.53. The van der Waals surface area contributed by atoms with Crippen LogP contribution in [-0.2, 0) is 6.18 Å². The molecule has 1 aliphatic heterocycles.